The lowest BCUT2D eigenvalue weighted by Crippen LogP contribution is -2.23. The average Bonchev–Trinajstić information content (AvgIpc) is 2.97. The Balaban J connectivity index is 1.72. The monoisotopic (exact) mass is 306 g/mol. The highest BCUT2D eigenvalue weighted by atomic mass is 16.4. The molecule has 0 saturated carbocycles. The molecule has 0 fully saturated rings. The van der Waals surface area contributed by atoms with E-state index in [1.165, 1.54) is 5.56 Å². The molecule has 0 bridgehead atoms. The van der Waals surface area contributed by atoms with Gasteiger partial charge in [0.15, 0.2) is 5.69 Å². The Morgan fingerprint density at radius 1 is 1.04 bits per heavy atom. The number of carbonyl (C=O) groups excluding carboxylic acids is 1. The molecule has 0 unspecified atom stereocenters. The summed E-state index contributed by atoms with van der Waals surface area (Å²) in [6.07, 6.45) is 0. The quantitative estimate of drug-likeness (QED) is 0.795. The van der Waals surface area contributed by atoms with E-state index in [0.717, 1.165) is 11.1 Å². The van der Waals surface area contributed by atoms with Gasteiger partial charge < -0.3 is 9.73 Å². The minimum atomic E-state index is -0.228. The Morgan fingerprint density at radius 3 is 2.43 bits per heavy atom. The van der Waals surface area contributed by atoms with E-state index in [1.54, 1.807) is 6.92 Å². The zero-order valence-electron chi connectivity index (χ0n) is 13.2. The third-order valence-corrected chi connectivity index (χ3v) is 3.61. The molecule has 1 N–H and O–H groups in total. The van der Waals surface area contributed by atoms with Crippen LogP contribution in [0.25, 0.3) is 11.5 Å². The largest absolute Gasteiger partial charge is 0.441 e. The van der Waals surface area contributed by atoms with E-state index >= 15 is 0 Å². The lowest BCUT2D eigenvalue weighted by molar-refractivity contribution is 0.0945. The van der Waals surface area contributed by atoms with Crippen molar-refractivity contribution in [2.24, 2.45) is 0 Å². The van der Waals surface area contributed by atoms with Crippen LogP contribution in [0.15, 0.2) is 59.0 Å². The van der Waals surface area contributed by atoms with E-state index in [0.29, 0.717) is 23.9 Å². The predicted molar refractivity (Wildman–Crippen MR) is 89.0 cm³/mol. The molecular formula is C19H18N2O2. The first-order chi connectivity index (χ1) is 11.1. The Kier molecular flexibility index (Phi) is 4.24. The topological polar surface area (TPSA) is 55.1 Å². The van der Waals surface area contributed by atoms with Gasteiger partial charge in [-0.3, -0.25) is 4.79 Å². The summed E-state index contributed by atoms with van der Waals surface area (Å²) in [6.45, 7) is 4.25. The second kappa shape index (κ2) is 6.48. The Bertz CT molecular complexity index is 805. The number of aromatic nitrogens is 1. The molecule has 1 aromatic heterocycles. The molecular weight excluding hydrogens is 288 g/mol. The highest BCUT2D eigenvalue weighted by Crippen LogP contribution is 2.21. The second-order valence-corrected chi connectivity index (χ2v) is 5.46. The smallest absolute Gasteiger partial charge is 0.273 e. The van der Waals surface area contributed by atoms with Crippen LogP contribution in [0.4, 0.5) is 0 Å². The van der Waals surface area contributed by atoms with Crippen LogP contribution in [0.5, 0.6) is 0 Å². The maximum Gasteiger partial charge on any atom is 0.273 e. The van der Waals surface area contributed by atoms with Crippen LogP contribution in [0.3, 0.4) is 0 Å². The summed E-state index contributed by atoms with van der Waals surface area (Å²) in [4.78, 5) is 16.6. The van der Waals surface area contributed by atoms with Crippen molar-refractivity contribution in [2.75, 3.05) is 0 Å². The molecule has 0 aliphatic carbocycles. The molecule has 0 saturated heterocycles. The SMILES string of the molecule is Cc1ccc(CNC(=O)c2nc(-c3ccccc3)oc2C)cc1. The summed E-state index contributed by atoms with van der Waals surface area (Å²) in [6, 6.07) is 17.6. The molecule has 0 spiro atoms. The van der Waals surface area contributed by atoms with Gasteiger partial charge in [-0.25, -0.2) is 4.98 Å². The number of nitrogens with one attached hydrogen (secondary N) is 1. The molecule has 1 heterocycles. The van der Waals surface area contributed by atoms with Gasteiger partial charge in [0.2, 0.25) is 5.89 Å². The van der Waals surface area contributed by atoms with Crippen molar-refractivity contribution in [3.63, 3.8) is 0 Å². The predicted octanol–water partition coefficient (Wildman–Crippen LogP) is 3.89. The first-order valence-corrected chi connectivity index (χ1v) is 7.50. The van der Waals surface area contributed by atoms with E-state index in [4.69, 9.17) is 4.42 Å². The summed E-state index contributed by atoms with van der Waals surface area (Å²) in [5, 5.41) is 2.88. The average molecular weight is 306 g/mol. The molecule has 0 radical (unpaired) electrons. The zero-order valence-corrected chi connectivity index (χ0v) is 13.2. The summed E-state index contributed by atoms with van der Waals surface area (Å²) in [5.41, 5.74) is 3.43. The minimum absolute atomic E-state index is 0.228. The van der Waals surface area contributed by atoms with E-state index in [-0.39, 0.29) is 5.91 Å². The molecule has 116 valence electrons. The molecule has 2 aromatic carbocycles. The second-order valence-electron chi connectivity index (χ2n) is 5.46. The number of benzene rings is 2. The highest BCUT2D eigenvalue weighted by molar-refractivity contribution is 5.93. The number of nitrogens with zero attached hydrogens (tertiary/aromatic N) is 1. The van der Waals surface area contributed by atoms with Crippen molar-refractivity contribution in [2.45, 2.75) is 20.4 Å². The number of carbonyl (C=O) groups is 1. The minimum Gasteiger partial charge on any atom is -0.441 e. The van der Waals surface area contributed by atoms with Crippen LogP contribution < -0.4 is 5.32 Å². The summed E-state index contributed by atoms with van der Waals surface area (Å²) in [5.74, 6) is 0.753. The molecule has 3 aromatic rings. The van der Waals surface area contributed by atoms with Crippen molar-refractivity contribution in [1.29, 1.82) is 0 Å². The third kappa shape index (κ3) is 3.48. The van der Waals surface area contributed by atoms with E-state index in [9.17, 15) is 4.79 Å². The van der Waals surface area contributed by atoms with Gasteiger partial charge in [-0.2, -0.15) is 0 Å². The van der Waals surface area contributed by atoms with Crippen molar-refractivity contribution in [3.8, 4) is 11.5 Å². The van der Waals surface area contributed by atoms with Crippen LogP contribution >= 0.6 is 0 Å². The van der Waals surface area contributed by atoms with Gasteiger partial charge in [-0.05, 0) is 31.5 Å². The molecule has 4 nitrogen and oxygen atoms in total. The van der Waals surface area contributed by atoms with Crippen molar-refractivity contribution < 1.29 is 9.21 Å². The summed E-state index contributed by atoms with van der Waals surface area (Å²) >= 11 is 0. The van der Waals surface area contributed by atoms with Crippen molar-refractivity contribution in [1.82, 2.24) is 10.3 Å². The van der Waals surface area contributed by atoms with Crippen molar-refractivity contribution >= 4 is 5.91 Å². The molecule has 4 heteroatoms. The number of aryl methyl sites for hydroxylation is 2. The maximum absolute atomic E-state index is 12.3. The molecule has 3 rings (SSSR count). The Hall–Kier alpha value is -2.88. The maximum atomic E-state index is 12.3. The van der Waals surface area contributed by atoms with Crippen LogP contribution in [0.1, 0.15) is 27.4 Å². The van der Waals surface area contributed by atoms with Crippen LogP contribution in [0, 0.1) is 13.8 Å². The Labute approximate surface area is 135 Å². The normalized spacial score (nSPS) is 10.5. The fourth-order valence-electron chi connectivity index (χ4n) is 2.28. The van der Waals surface area contributed by atoms with Crippen molar-refractivity contribution in [3.05, 3.63) is 77.2 Å². The van der Waals surface area contributed by atoms with Gasteiger partial charge in [0.1, 0.15) is 5.76 Å². The van der Waals surface area contributed by atoms with Gasteiger partial charge in [0.25, 0.3) is 5.91 Å². The highest BCUT2D eigenvalue weighted by Gasteiger charge is 2.17. The first-order valence-electron chi connectivity index (χ1n) is 7.50. The van der Waals surface area contributed by atoms with E-state index < -0.39 is 0 Å². The van der Waals surface area contributed by atoms with Gasteiger partial charge in [0.05, 0.1) is 0 Å². The molecule has 1 amide bonds. The van der Waals surface area contributed by atoms with Crippen LogP contribution in [-0.2, 0) is 6.54 Å². The molecule has 0 aliphatic heterocycles. The molecule has 0 atom stereocenters. The molecule has 0 aliphatic rings. The van der Waals surface area contributed by atoms with E-state index in [1.807, 2.05) is 61.5 Å². The lowest BCUT2D eigenvalue weighted by Gasteiger charge is -2.04. The number of hydrogen-bond donors (Lipinski definition) is 1. The number of hydrogen-bond acceptors (Lipinski definition) is 3. The standard InChI is InChI=1S/C19H18N2O2/c1-13-8-10-15(11-9-13)12-20-18(22)17-14(2)23-19(21-17)16-6-4-3-5-7-16/h3-11H,12H2,1-2H3,(H,20,22). The number of oxazole rings is 1. The summed E-state index contributed by atoms with van der Waals surface area (Å²) in [7, 11) is 0. The summed E-state index contributed by atoms with van der Waals surface area (Å²) < 4.78 is 5.62. The van der Waals surface area contributed by atoms with Gasteiger partial charge in [-0.15, -0.1) is 0 Å². The lowest BCUT2D eigenvalue weighted by atomic mass is 10.1. The number of rotatable bonds is 4. The Morgan fingerprint density at radius 2 is 1.74 bits per heavy atom. The van der Waals surface area contributed by atoms with Crippen LogP contribution in [-0.4, -0.2) is 10.9 Å². The van der Waals surface area contributed by atoms with Gasteiger partial charge in [-0.1, -0.05) is 48.0 Å². The van der Waals surface area contributed by atoms with Gasteiger partial charge >= 0.3 is 0 Å². The van der Waals surface area contributed by atoms with Crippen LogP contribution in [0.2, 0.25) is 0 Å². The van der Waals surface area contributed by atoms with E-state index in [2.05, 4.69) is 10.3 Å². The fourth-order valence-corrected chi connectivity index (χ4v) is 2.28. The van der Waals surface area contributed by atoms with Gasteiger partial charge in [0, 0.05) is 12.1 Å². The zero-order chi connectivity index (χ0) is 16.2. The first kappa shape index (κ1) is 15.0. The molecule has 23 heavy (non-hydrogen) atoms. The fraction of sp³-hybridized carbons (Fsp3) is 0.158. The third-order valence-electron chi connectivity index (χ3n) is 3.61. The number of amides is 1.